The van der Waals surface area contributed by atoms with Crippen LogP contribution in [0.1, 0.15) is 43.0 Å². The van der Waals surface area contributed by atoms with E-state index in [4.69, 9.17) is 9.47 Å². The average molecular weight is 378 g/mol. The van der Waals surface area contributed by atoms with Crippen LogP contribution in [-0.2, 0) is 30.7 Å². The number of ether oxygens (including phenoxy) is 2. The van der Waals surface area contributed by atoms with Crippen LogP contribution in [0.5, 0.6) is 5.75 Å². The molecule has 2 aromatic rings. The van der Waals surface area contributed by atoms with Crippen molar-refractivity contribution in [2.45, 2.75) is 52.4 Å². The molecule has 1 heterocycles. The number of hydrogen-bond acceptors (Lipinski definition) is 4. The van der Waals surface area contributed by atoms with Gasteiger partial charge in [0.2, 0.25) is 0 Å². The largest absolute Gasteiger partial charge is 0.489 e. The lowest BCUT2D eigenvalue weighted by atomic mass is 9.95. The summed E-state index contributed by atoms with van der Waals surface area (Å²) < 4.78 is 11.5. The topological polar surface area (TPSA) is 62.6 Å². The molecule has 0 saturated heterocycles. The summed E-state index contributed by atoms with van der Waals surface area (Å²) in [5.74, 6) is 0.704. The summed E-state index contributed by atoms with van der Waals surface area (Å²) in [6.07, 6.45) is 0.741. The second-order valence-corrected chi connectivity index (χ2v) is 7.99. The van der Waals surface area contributed by atoms with Crippen LogP contribution < -0.4 is 4.74 Å². The van der Waals surface area contributed by atoms with Gasteiger partial charge in [0.25, 0.3) is 0 Å². The van der Waals surface area contributed by atoms with Crippen molar-refractivity contribution in [3.05, 3.63) is 64.7 Å². The number of carbonyl (C=O) groups is 1. The Morgan fingerprint density at radius 2 is 1.93 bits per heavy atom. The summed E-state index contributed by atoms with van der Waals surface area (Å²) in [6, 6.07) is 16.2. The van der Waals surface area contributed by atoms with Crippen molar-refractivity contribution >= 4 is 6.09 Å². The van der Waals surface area contributed by atoms with Crippen LogP contribution in [0, 0.1) is 11.3 Å². The maximum absolute atomic E-state index is 12.4. The number of fused-ring (bicyclic) bond motifs is 1. The molecule has 5 heteroatoms. The van der Waals surface area contributed by atoms with E-state index in [2.05, 4.69) is 6.07 Å². The van der Waals surface area contributed by atoms with Crippen LogP contribution in [0.25, 0.3) is 0 Å². The molecule has 1 aliphatic heterocycles. The van der Waals surface area contributed by atoms with Gasteiger partial charge in [-0.1, -0.05) is 36.4 Å². The van der Waals surface area contributed by atoms with Gasteiger partial charge in [0.15, 0.2) is 0 Å². The van der Waals surface area contributed by atoms with Crippen LogP contribution in [0.4, 0.5) is 4.79 Å². The highest BCUT2D eigenvalue weighted by Gasteiger charge is 2.26. The van der Waals surface area contributed by atoms with Crippen molar-refractivity contribution < 1.29 is 14.3 Å². The van der Waals surface area contributed by atoms with E-state index in [0.29, 0.717) is 31.9 Å². The molecular formula is C23H26N2O3. The molecule has 0 fully saturated rings. The monoisotopic (exact) mass is 378 g/mol. The minimum atomic E-state index is -0.516. The molecule has 146 valence electrons. The maximum Gasteiger partial charge on any atom is 0.410 e. The second-order valence-electron chi connectivity index (χ2n) is 7.99. The highest BCUT2D eigenvalue weighted by Crippen LogP contribution is 2.30. The van der Waals surface area contributed by atoms with E-state index in [-0.39, 0.29) is 6.09 Å². The van der Waals surface area contributed by atoms with Crippen molar-refractivity contribution in [1.82, 2.24) is 4.90 Å². The second kappa shape index (κ2) is 8.35. The van der Waals surface area contributed by atoms with Gasteiger partial charge in [0, 0.05) is 18.7 Å². The van der Waals surface area contributed by atoms with Crippen molar-refractivity contribution in [2.75, 3.05) is 6.54 Å². The number of amides is 1. The number of benzene rings is 2. The zero-order valence-electron chi connectivity index (χ0n) is 16.7. The molecular weight excluding hydrogens is 352 g/mol. The third kappa shape index (κ3) is 5.04. The summed E-state index contributed by atoms with van der Waals surface area (Å²) in [4.78, 5) is 14.1. The van der Waals surface area contributed by atoms with Crippen molar-refractivity contribution in [2.24, 2.45) is 0 Å². The van der Waals surface area contributed by atoms with Gasteiger partial charge in [0.1, 0.15) is 18.0 Å². The number of hydrogen-bond donors (Lipinski definition) is 0. The summed E-state index contributed by atoms with van der Waals surface area (Å²) in [7, 11) is 0. The molecule has 0 spiro atoms. The Hall–Kier alpha value is -3.00. The minimum absolute atomic E-state index is 0.299. The molecule has 1 aliphatic rings. The first-order chi connectivity index (χ1) is 13.4. The third-order valence-electron chi connectivity index (χ3n) is 4.55. The third-order valence-corrected chi connectivity index (χ3v) is 4.55. The lowest BCUT2D eigenvalue weighted by Crippen LogP contribution is -2.39. The van der Waals surface area contributed by atoms with Gasteiger partial charge in [-0.2, -0.15) is 5.26 Å². The number of carbonyl (C=O) groups excluding carboxylic acids is 1. The van der Waals surface area contributed by atoms with Crippen molar-refractivity contribution in [3.8, 4) is 11.8 Å². The Balaban J connectivity index is 1.79. The van der Waals surface area contributed by atoms with Gasteiger partial charge in [-0.3, -0.25) is 0 Å². The fourth-order valence-electron chi connectivity index (χ4n) is 3.21. The van der Waals surface area contributed by atoms with E-state index in [1.165, 1.54) is 0 Å². The molecule has 0 unspecified atom stereocenters. The number of nitrogens with zero attached hydrogens (tertiary/aromatic N) is 2. The Bertz CT molecular complexity index is 879. The molecule has 0 aromatic heterocycles. The molecule has 3 rings (SSSR count). The first kappa shape index (κ1) is 19.8. The quantitative estimate of drug-likeness (QED) is 0.778. The van der Waals surface area contributed by atoms with Gasteiger partial charge in [-0.15, -0.1) is 0 Å². The van der Waals surface area contributed by atoms with E-state index in [1.54, 1.807) is 4.90 Å². The van der Waals surface area contributed by atoms with Gasteiger partial charge < -0.3 is 14.4 Å². The van der Waals surface area contributed by atoms with Crippen molar-refractivity contribution in [1.29, 1.82) is 5.26 Å². The number of rotatable bonds is 4. The lowest BCUT2D eigenvalue weighted by Gasteiger charge is -2.31. The standard InChI is InChI=1S/C23H26N2O3/c1-23(2,3)28-22(26)25-12-10-18-13-19(9-11-24)21(14-20(18)15-25)27-16-17-7-5-4-6-8-17/h4-8,13-14H,9-10,12,15-16H2,1-3H3. The lowest BCUT2D eigenvalue weighted by molar-refractivity contribution is 0.0223. The van der Waals surface area contributed by atoms with Gasteiger partial charge in [-0.05, 0) is 49.9 Å². The minimum Gasteiger partial charge on any atom is -0.489 e. The maximum atomic E-state index is 12.4. The molecule has 0 aliphatic carbocycles. The van der Waals surface area contributed by atoms with Gasteiger partial charge in [-0.25, -0.2) is 4.79 Å². The van der Waals surface area contributed by atoms with Crippen molar-refractivity contribution in [3.63, 3.8) is 0 Å². The smallest absolute Gasteiger partial charge is 0.410 e. The van der Waals surface area contributed by atoms with Gasteiger partial charge >= 0.3 is 6.09 Å². The van der Waals surface area contributed by atoms with E-state index >= 15 is 0 Å². The van der Waals surface area contributed by atoms with E-state index in [9.17, 15) is 10.1 Å². The Labute approximate surface area is 166 Å². The molecule has 0 saturated carbocycles. The average Bonchev–Trinajstić information content (AvgIpc) is 2.65. The highest BCUT2D eigenvalue weighted by atomic mass is 16.6. The summed E-state index contributed by atoms with van der Waals surface area (Å²) in [5, 5.41) is 9.18. The summed E-state index contributed by atoms with van der Waals surface area (Å²) >= 11 is 0. The normalized spacial score (nSPS) is 13.4. The van der Waals surface area contributed by atoms with E-state index < -0.39 is 5.60 Å². The predicted molar refractivity (Wildman–Crippen MR) is 107 cm³/mol. The SMILES string of the molecule is CC(C)(C)OC(=O)N1CCc2cc(CC#N)c(OCc3ccccc3)cc2C1. The molecule has 0 bridgehead atoms. The first-order valence-corrected chi connectivity index (χ1v) is 9.52. The summed E-state index contributed by atoms with van der Waals surface area (Å²) in [6.45, 7) is 7.14. The Morgan fingerprint density at radius 3 is 2.61 bits per heavy atom. The van der Waals surface area contributed by atoms with E-state index in [1.807, 2.05) is 63.2 Å². The highest BCUT2D eigenvalue weighted by molar-refractivity contribution is 5.69. The van der Waals surface area contributed by atoms with Crippen LogP contribution >= 0.6 is 0 Å². The zero-order chi connectivity index (χ0) is 20.1. The van der Waals surface area contributed by atoms with E-state index in [0.717, 1.165) is 28.7 Å². The van der Waals surface area contributed by atoms with Crippen LogP contribution in [0.3, 0.4) is 0 Å². The fourth-order valence-corrected chi connectivity index (χ4v) is 3.21. The molecule has 28 heavy (non-hydrogen) atoms. The molecule has 0 radical (unpaired) electrons. The molecule has 5 nitrogen and oxygen atoms in total. The Morgan fingerprint density at radius 1 is 1.18 bits per heavy atom. The molecule has 1 amide bonds. The van der Waals surface area contributed by atoms with Crippen LogP contribution in [0.2, 0.25) is 0 Å². The van der Waals surface area contributed by atoms with Crippen LogP contribution in [-0.4, -0.2) is 23.1 Å². The predicted octanol–water partition coefficient (Wildman–Crippen LogP) is 4.62. The first-order valence-electron chi connectivity index (χ1n) is 9.52. The Kier molecular flexibility index (Phi) is 5.89. The van der Waals surface area contributed by atoms with Gasteiger partial charge in [0.05, 0.1) is 12.5 Å². The fraction of sp³-hybridized carbons (Fsp3) is 0.391. The molecule has 2 aromatic carbocycles. The summed E-state index contributed by atoms with van der Waals surface area (Å²) in [5.41, 5.74) is 3.65. The van der Waals surface area contributed by atoms with Crippen LogP contribution in [0.15, 0.2) is 42.5 Å². The number of nitriles is 1. The molecule has 0 atom stereocenters. The molecule has 0 N–H and O–H groups in total. The zero-order valence-corrected chi connectivity index (χ0v) is 16.7.